The Balaban J connectivity index is 2.86. The van der Waals surface area contributed by atoms with Crippen LogP contribution < -0.4 is 5.32 Å². The highest BCUT2D eigenvalue weighted by molar-refractivity contribution is 9.10. The third-order valence-corrected chi connectivity index (χ3v) is 2.53. The van der Waals surface area contributed by atoms with E-state index in [0.29, 0.717) is 15.7 Å². The Morgan fingerprint density at radius 1 is 1.50 bits per heavy atom. The van der Waals surface area contributed by atoms with E-state index < -0.39 is 0 Å². The van der Waals surface area contributed by atoms with Crippen molar-refractivity contribution in [1.82, 2.24) is 0 Å². The lowest BCUT2D eigenvalue weighted by atomic mass is 10.3. The maximum atomic E-state index is 11.3. The molecule has 0 saturated carbocycles. The number of amides is 1. The maximum Gasteiger partial charge on any atom is 0.237 e. The number of rotatable bonds is 2. The largest absolute Gasteiger partial charge is 0.324 e. The van der Waals surface area contributed by atoms with Gasteiger partial charge in [0.2, 0.25) is 5.91 Å². The monoisotopic (exact) mass is 295 g/mol. The summed E-state index contributed by atoms with van der Waals surface area (Å²) in [6.45, 7) is 1.73. The van der Waals surface area contributed by atoms with Crippen LogP contribution in [0.4, 0.5) is 5.69 Å². The van der Waals surface area contributed by atoms with Crippen molar-refractivity contribution in [3.8, 4) is 0 Å². The van der Waals surface area contributed by atoms with Crippen LogP contribution in [0, 0.1) is 0 Å². The minimum absolute atomic E-state index is 0.158. The average Bonchev–Trinajstić information content (AvgIpc) is 2.11. The molecular formula is C9H8BrCl2NO. The van der Waals surface area contributed by atoms with E-state index in [2.05, 4.69) is 21.2 Å². The lowest BCUT2D eigenvalue weighted by molar-refractivity contribution is -0.115. The van der Waals surface area contributed by atoms with Gasteiger partial charge in [-0.15, -0.1) is 0 Å². The molecule has 5 heteroatoms. The Kier molecular flexibility index (Phi) is 4.23. The first-order chi connectivity index (χ1) is 6.50. The lowest BCUT2D eigenvalue weighted by Gasteiger charge is -2.08. The molecule has 1 amide bonds. The van der Waals surface area contributed by atoms with E-state index >= 15 is 0 Å². The number of hydrogen-bond donors (Lipinski definition) is 1. The van der Waals surface area contributed by atoms with Gasteiger partial charge in [0.05, 0.1) is 15.5 Å². The summed E-state index contributed by atoms with van der Waals surface area (Å²) in [5.41, 5.74) is 0.524. The molecule has 14 heavy (non-hydrogen) atoms. The quantitative estimate of drug-likeness (QED) is 0.828. The van der Waals surface area contributed by atoms with Crippen molar-refractivity contribution in [2.45, 2.75) is 11.8 Å². The first kappa shape index (κ1) is 11.8. The molecule has 1 rings (SSSR count). The van der Waals surface area contributed by atoms with Crippen LogP contribution in [0.2, 0.25) is 10.0 Å². The number of carbonyl (C=O) groups excluding carboxylic acids is 1. The molecule has 0 unspecified atom stereocenters. The number of alkyl halides is 1. The fraction of sp³-hybridized carbons (Fsp3) is 0.222. The summed E-state index contributed by atoms with van der Waals surface area (Å²) >= 11 is 14.8. The van der Waals surface area contributed by atoms with Crippen molar-refractivity contribution < 1.29 is 4.79 Å². The van der Waals surface area contributed by atoms with Gasteiger partial charge in [-0.3, -0.25) is 4.79 Å². The van der Waals surface area contributed by atoms with E-state index in [0.717, 1.165) is 0 Å². The molecule has 0 aliphatic rings. The van der Waals surface area contributed by atoms with E-state index in [-0.39, 0.29) is 10.7 Å². The molecule has 0 saturated heterocycles. The molecule has 0 bridgehead atoms. The molecule has 0 fully saturated rings. The molecule has 0 heterocycles. The van der Waals surface area contributed by atoms with Crippen LogP contribution in [0.1, 0.15) is 6.92 Å². The lowest BCUT2D eigenvalue weighted by Crippen LogP contribution is -2.20. The molecule has 0 aliphatic heterocycles. The molecule has 0 radical (unpaired) electrons. The van der Waals surface area contributed by atoms with Crippen molar-refractivity contribution in [1.29, 1.82) is 0 Å². The topological polar surface area (TPSA) is 29.1 Å². The van der Waals surface area contributed by atoms with Crippen molar-refractivity contribution >= 4 is 50.7 Å². The number of nitrogens with one attached hydrogen (secondary N) is 1. The number of benzene rings is 1. The predicted octanol–water partition coefficient (Wildman–Crippen LogP) is 3.72. The minimum atomic E-state index is -0.266. The smallest absolute Gasteiger partial charge is 0.237 e. The average molecular weight is 297 g/mol. The van der Waals surface area contributed by atoms with Gasteiger partial charge < -0.3 is 5.32 Å². The van der Waals surface area contributed by atoms with Crippen LogP contribution >= 0.6 is 39.1 Å². The molecule has 1 atom stereocenters. The van der Waals surface area contributed by atoms with Crippen LogP contribution in [0.5, 0.6) is 0 Å². The summed E-state index contributed by atoms with van der Waals surface area (Å²) in [5.74, 6) is -0.158. The second-order valence-electron chi connectivity index (χ2n) is 2.73. The van der Waals surface area contributed by atoms with E-state index in [9.17, 15) is 4.79 Å². The van der Waals surface area contributed by atoms with Gasteiger partial charge in [-0.1, -0.05) is 39.1 Å². The molecule has 0 spiro atoms. The molecule has 0 aromatic heterocycles. The van der Waals surface area contributed by atoms with Gasteiger partial charge in [-0.25, -0.2) is 0 Å². The molecule has 1 N–H and O–H groups in total. The van der Waals surface area contributed by atoms with E-state index in [1.807, 2.05) is 0 Å². The van der Waals surface area contributed by atoms with Gasteiger partial charge in [0.25, 0.3) is 0 Å². The van der Waals surface area contributed by atoms with Gasteiger partial charge in [0.1, 0.15) is 0 Å². The zero-order valence-corrected chi connectivity index (χ0v) is 10.4. The van der Waals surface area contributed by atoms with E-state index in [1.54, 1.807) is 25.1 Å². The highest BCUT2D eigenvalue weighted by Gasteiger charge is 2.10. The summed E-state index contributed by atoms with van der Waals surface area (Å²) in [4.78, 5) is 11.0. The van der Waals surface area contributed by atoms with Crippen molar-refractivity contribution in [2.24, 2.45) is 0 Å². The van der Waals surface area contributed by atoms with E-state index in [4.69, 9.17) is 23.2 Å². The molecule has 76 valence electrons. The zero-order valence-electron chi connectivity index (χ0n) is 7.35. The highest BCUT2D eigenvalue weighted by atomic mass is 79.9. The summed E-state index contributed by atoms with van der Waals surface area (Å²) in [6.07, 6.45) is 0. The third-order valence-electron chi connectivity index (χ3n) is 1.55. The standard InChI is InChI=1S/C9H8BrCl2NO/c1-5(10)9(14)13-8-4-6(11)2-3-7(8)12/h2-5H,1H3,(H,13,14)/t5-/m1/s1. The van der Waals surface area contributed by atoms with Gasteiger partial charge in [-0.05, 0) is 25.1 Å². The van der Waals surface area contributed by atoms with Gasteiger partial charge in [0, 0.05) is 5.02 Å². The van der Waals surface area contributed by atoms with Gasteiger partial charge >= 0.3 is 0 Å². The number of carbonyl (C=O) groups is 1. The van der Waals surface area contributed by atoms with Crippen LogP contribution in [0.15, 0.2) is 18.2 Å². The van der Waals surface area contributed by atoms with Crippen molar-refractivity contribution in [3.05, 3.63) is 28.2 Å². The fourth-order valence-electron chi connectivity index (χ4n) is 0.825. The molecular weight excluding hydrogens is 289 g/mol. The van der Waals surface area contributed by atoms with E-state index in [1.165, 1.54) is 0 Å². The zero-order chi connectivity index (χ0) is 10.7. The van der Waals surface area contributed by atoms with Crippen LogP contribution in [-0.4, -0.2) is 10.7 Å². The number of hydrogen-bond acceptors (Lipinski definition) is 1. The fourth-order valence-corrected chi connectivity index (χ4v) is 1.28. The predicted molar refractivity (Wildman–Crippen MR) is 63.5 cm³/mol. The molecule has 1 aromatic rings. The normalized spacial score (nSPS) is 12.3. The second-order valence-corrected chi connectivity index (χ2v) is 4.95. The summed E-state index contributed by atoms with van der Waals surface area (Å²) in [6, 6.07) is 4.91. The number of anilines is 1. The molecule has 0 aliphatic carbocycles. The number of halogens is 3. The van der Waals surface area contributed by atoms with Crippen molar-refractivity contribution in [2.75, 3.05) is 5.32 Å². The maximum absolute atomic E-state index is 11.3. The van der Waals surface area contributed by atoms with Gasteiger partial charge in [0.15, 0.2) is 0 Å². The third kappa shape index (κ3) is 3.15. The summed E-state index contributed by atoms with van der Waals surface area (Å²) in [5, 5.41) is 3.65. The second kappa shape index (κ2) is 5.01. The minimum Gasteiger partial charge on any atom is -0.324 e. The molecule has 1 aromatic carbocycles. The van der Waals surface area contributed by atoms with Crippen molar-refractivity contribution in [3.63, 3.8) is 0 Å². The highest BCUT2D eigenvalue weighted by Crippen LogP contribution is 2.25. The van der Waals surface area contributed by atoms with Crippen LogP contribution in [-0.2, 0) is 4.79 Å². The molecule has 2 nitrogen and oxygen atoms in total. The van der Waals surface area contributed by atoms with Gasteiger partial charge in [-0.2, -0.15) is 0 Å². The first-order valence-electron chi connectivity index (χ1n) is 3.90. The van der Waals surface area contributed by atoms with Crippen LogP contribution in [0.25, 0.3) is 0 Å². The summed E-state index contributed by atoms with van der Waals surface area (Å²) < 4.78 is 0. The SMILES string of the molecule is C[C@@H](Br)C(=O)Nc1cc(Cl)ccc1Cl. The first-order valence-corrected chi connectivity index (χ1v) is 5.58. The Labute approximate surface area is 101 Å². The summed E-state index contributed by atoms with van der Waals surface area (Å²) in [7, 11) is 0. The Morgan fingerprint density at radius 2 is 2.14 bits per heavy atom. The van der Waals surface area contributed by atoms with Crippen LogP contribution in [0.3, 0.4) is 0 Å². The Morgan fingerprint density at radius 3 is 2.71 bits per heavy atom. The Hall–Kier alpha value is -0.250. The Bertz CT molecular complexity index is 355.